The monoisotopic (exact) mass is 238 g/mol. The number of hydrogen-bond donors (Lipinski definition) is 0. The van der Waals surface area contributed by atoms with Crippen LogP contribution in [0.25, 0.3) is 0 Å². The van der Waals surface area contributed by atoms with E-state index in [1.54, 1.807) is 0 Å². The summed E-state index contributed by atoms with van der Waals surface area (Å²) in [6, 6.07) is 17.7. The minimum atomic E-state index is 0.412. The molecule has 1 unspecified atom stereocenters. The molecular weight excluding hydrogens is 218 g/mol. The predicted octanol–water partition coefficient (Wildman–Crippen LogP) is 4.59. The molecule has 0 aliphatic rings. The second-order valence-corrected chi connectivity index (χ2v) is 4.64. The van der Waals surface area contributed by atoms with E-state index in [0.717, 1.165) is 5.69 Å². The fraction of sp³-hybridized carbons (Fsp3) is 0.353. The lowest BCUT2D eigenvalue weighted by atomic mass is 9.90. The highest BCUT2D eigenvalue weighted by Crippen LogP contribution is 2.28. The zero-order valence-corrected chi connectivity index (χ0v) is 11.0. The van der Waals surface area contributed by atoms with E-state index in [1.165, 1.54) is 31.2 Å². The van der Waals surface area contributed by atoms with Gasteiger partial charge in [-0.1, -0.05) is 56.5 Å². The molecule has 0 spiro atoms. The third-order valence-electron chi connectivity index (χ3n) is 3.28. The van der Waals surface area contributed by atoms with Gasteiger partial charge in [-0.15, -0.1) is 0 Å². The van der Waals surface area contributed by atoms with Crippen LogP contribution in [0.5, 0.6) is 0 Å². The molecule has 93 valence electrons. The largest absolute Gasteiger partial charge is 0.261 e. The van der Waals surface area contributed by atoms with Gasteiger partial charge in [0.25, 0.3) is 0 Å². The predicted molar refractivity (Wildman–Crippen MR) is 75.5 cm³/mol. The normalized spacial score (nSPS) is 12.3. The molecule has 0 aliphatic heterocycles. The maximum atomic E-state index is 4.50. The molecule has 2 aromatic rings. The van der Waals surface area contributed by atoms with Crippen molar-refractivity contribution in [3.63, 3.8) is 0 Å². The van der Waals surface area contributed by atoms with Crippen molar-refractivity contribution < 1.29 is 0 Å². The Kier molecular flexibility index (Phi) is 4.95. The van der Waals surface area contributed by atoms with Gasteiger partial charge in [-0.3, -0.25) is 4.98 Å². The van der Waals surface area contributed by atoms with Crippen LogP contribution in [-0.2, 0) is 0 Å². The molecule has 0 amide bonds. The van der Waals surface area contributed by atoms with Crippen LogP contribution in [0.1, 0.15) is 49.8 Å². The van der Waals surface area contributed by atoms with Crippen LogP contribution < -0.4 is 0 Å². The van der Waals surface area contributed by atoms with E-state index in [2.05, 4.69) is 48.3 Å². The fourth-order valence-corrected chi connectivity index (χ4v) is 2.30. The second kappa shape index (κ2) is 6.95. The first-order valence-electron chi connectivity index (χ1n) is 6.78. The van der Waals surface area contributed by atoms with Crippen molar-refractivity contribution >= 4 is 0 Å². The van der Waals surface area contributed by atoms with Gasteiger partial charge in [-0.2, -0.15) is 0 Å². The third kappa shape index (κ3) is 3.43. The number of nitrogens with zero attached hydrogens (tertiary/aromatic N) is 1. The van der Waals surface area contributed by atoms with Gasteiger partial charge in [0, 0.05) is 17.8 Å². The highest BCUT2D eigenvalue weighted by Gasteiger charge is 2.14. The van der Waals surface area contributed by atoms with Crippen LogP contribution in [0.3, 0.4) is 0 Å². The molecule has 18 heavy (non-hydrogen) atoms. The molecule has 0 aliphatic carbocycles. The zero-order valence-electron chi connectivity index (χ0n) is 11.0. The minimum Gasteiger partial charge on any atom is -0.261 e. The Labute approximate surface area is 110 Å². The van der Waals surface area contributed by atoms with Crippen molar-refractivity contribution in [2.45, 2.75) is 38.5 Å². The van der Waals surface area contributed by atoms with Crippen molar-refractivity contribution in [3.8, 4) is 0 Å². The lowest BCUT2D eigenvalue weighted by Gasteiger charge is -2.16. The summed E-state index contributed by atoms with van der Waals surface area (Å²) < 4.78 is 0. The van der Waals surface area contributed by atoms with Crippen LogP contribution in [0.15, 0.2) is 48.7 Å². The zero-order chi connectivity index (χ0) is 12.6. The van der Waals surface area contributed by atoms with Gasteiger partial charge in [-0.25, -0.2) is 0 Å². The number of benzene rings is 1. The van der Waals surface area contributed by atoms with E-state index in [1.807, 2.05) is 18.3 Å². The molecule has 0 N–H and O–H groups in total. The molecule has 1 radical (unpaired) electrons. The Morgan fingerprint density at radius 3 is 2.67 bits per heavy atom. The molecular formula is C17H20N. The third-order valence-corrected chi connectivity index (χ3v) is 3.28. The quantitative estimate of drug-likeness (QED) is 0.670. The van der Waals surface area contributed by atoms with E-state index in [9.17, 15) is 0 Å². The highest BCUT2D eigenvalue weighted by molar-refractivity contribution is 5.27. The molecule has 0 saturated carbocycles. The molecule has 1 nitrogen and oxygen atoms in total. The maximum absolute atomic E-state index is 4.50. The lowest BCUT2D eigenvalue weighted by molar-refractivity contribution is 0.609. The van der Waals surface area contributed by atoms with Gasteiger partial charge in [0.05, 0.1) is 0 Å². The van der Waals surface area contributed by atoms with Crippen molar-refractivity contribution in [1.29, 1.82) is 0 Å². The summed E-state index contributed by atoms with van der Waals surface area (Å²) in [7, 11) is 0. The average molecular weight is 238 g/mol. The summed E-state index contributed by atoms with van der Waals surface area (Å²) in [5.41, 5.74) is 2.50. The summed E-state index contributed by atoms with van der Waals surface area (Å²) in [5.74, 6) is 0.412. The smallest absolute Gasteiger partial charge is 0.0484 e. The Bertz CT molecular complexity index is 396. The van der Waals surface area contributed by atoms with Gasteiger partial charge in [0.15, 0.2) is 0 Å². The first-order valence-corrected chi connectivity index (χ1v) is 6.78. The standard InChI is InChI=1S/C17H20N/c1-2-3-5-12-16(15-10-6-4-7-11-15)17-13-8-9-14-18-17/h4,6-7,9-11,13-14,16H,2-3,5,12H2,1H3. The highest BCUT2D eigenvalue weighted by atomic mass is 14.7. The average Bonchev–Trinajstić information content (AvgIpc) is 2.46. The molecule has 1 heterocycles. The molecule has 1 heteroatoms. The van der Waals surface area contributed by atoms with Crippen molar-refractivity contribution in [1.82, 2.24) is 4.98 Å². The van der Waals surface area contributed by atoms with Gasteiger partial charge in [0.1, 0.15) is 0 Å². The number of rotatable bonds is 6. The Morgan fingerprint density at radius 2 is 2.00 bits per heavy atom. The molecule has 0 fully saturated rings. The first-order chi connectivity index (χ1) is 8.92. The Balaban J connectivity index is 2.18. The SMILES string of the molecule is CCCCCC(c1ccccc1)c1c[c]ccn1. The van der Waals surface area contributed by atoms with Crippen LogP contribution in [0.4, 0.5) is 0 Å². The van der Waals surface area contributed by atoms with E-state index in [-0.39, 0.29) is 0 Å². The molecule has 0 saturated heterocycles. The van der Waals surface area contributed by atoms with Crippen LogP contribution in [-0.4, -0.2) is 4.98 Å². The number of pyridine rings is 1. The maximum Gasteiger partial charge on any atom is 0.0484 e. The summed E-state index contributed by atoms with van der Waals surface area (Å²) >= 11 is 0. The van der Waals surface area contributed by atoms with Gasteiger partial charge in [-0.05, 0) is 30.2 Å². The molecule has 2 rings (SSSR count). The lowest BCUT2D eigenvalue weighted by Crippen LogP contribution is -2.03. The minimum absolute atomic E-state index is 0.412. The molecule has 0 bridgehead atoms. The summed E-state index contributed by atoms with van der Waals surface area (Å²) in [5, 5.41) is 0. The Hall–Kier alpha value is -1.63. The number of aromatic nitrogens is 1. The molecule has 1 aromatic carbocycles. The van der Waals surface area contributed by atoms with Gasteiger partial charge in [0.2, 0.25) is 0 Å². The van der Waals surface area contributed by atoms with E-state index in [4.69, 9.17) is 0 Å². The van der Waals surface area contributed by atoms with Crippen molar-refractivity contribution in [2.75, 3.05) is 0 Å². The van der Waals surface area contributed by atoms with E-state index >= 15 is 0 Å². The van der Waals surface area contributed by atoms with Crippen LogP contribution in [0, 0.1) is 6.07 Å². The molecule has 1 atom stereocenters. The van der Waals surface area contributed by atoms with Crippen LogP contribution >= 0.6 is 0 Å². The summed E-state index contributed by atoms with van der Waals surface area (Å²) in [6.45, 7) is 2.24. The second-order valence-electron chi connectivity index (χ2n) is 4.64. The van der Waals surface area contributed by atoms with Gasteiger partial charge >= 0.3 is 0 Å². The van der Waals surface area contributed by atoms with E-state index < -0.39 is 0 Å². The topological polar surface area (TPSA) is 12.9 Å². The van der Waals surface area contributed by atoms with Gasteiger partial charge < -0.3 is 0 Å². The summed E-state index contributed by atoms with van der Waals surface area (Å²) in [6.07, 6.45) is 6.82. The first kappa shape index (κ1) is 12.8. The fourth-order valence-electron chi connectivity index (χ4n) is 2.30. The van der Waals surface area contributed by atoms with E-state index in [0.29, 0.717) is 5.92 Å². The number of unbranched alkanes of at least 4 members (excludes halogenated alkanes) is 2. The Morgan fingerprint density at radius 1 is 1.17 bits per heavy atom. The van der Waals surface area contributed by atoms with Crippen molar-refractivity contribution in [3.05, 3.63) is 66.0 Å². The summed E-state index contributed by atoms with van der Waals surface area (Å²) in [4.78, 5) is 4.50. The number of hydrogen-bond acceptors (Lipinski definition) is 1. The van der Waals surface area contributed by atoms with Crippen LogP contribution in [0.2, 0.25) is 0 Å². The molecule has 1 aromatic heterocycles. The van der Waals surface area contributed by atoms with Crippen molar-refractivity contribution in [2.24, 2.45) is 0 Å².